The van der Waals surface area contributed by atoms with E-state index in [0.29, 0.717) is 5.91 Å². The third-order valence-electron chi connectivity index (χ3n) is 6.49. The Balaban J connectivity index is 1.36. The van der Waals surface area contributed by atoms with E-state index in [2.05, 4.69) is 29.2 Å². The number of carboxylic acids is 1. The molecule has 3 atom stereocenters. The van der Waals surface area contributed by atoms with Crippen LogP contribution in [0.1, 0.15) is 37.3 Å². The van der Waals surface area contributed by atoms with E-state index in [1.807, 2.05) is 11.8 Å². The fraction of sp³-hybridized carbons (Fsp3) is 0.600. The highest BCUT2D eigenvalue weighted by molar-refractivity contribution is 5.85. The van der Waals surface area contributed by atoms with Gasteiger partial charge in [-0.2, -0.15) is 0 Å². The van der Waals surface area contributed by atoms with Gasteiger partial charge in [-0.15, -0.1) is 0 Å². The van der Waals surface area contributed by atoms with E-state index in [4.69, 9.17) is 5.11 Å². The molecule has 1 N–H and O–H groups in total. The van der Waals surface area contributed by atoms with E-state index >= 15 is 0 Å². The number of nitrogens with zero attached hydrogens (tertiary/aromatic N) is 2. The molecule has 5 heteroatoms. The Bertz CT molecular complexity index is 696. The quantitative estimate of drug-likeness (QED) is 0.908. The molecule has 0 radical (unpaired) electrons. The minimum Gasteiger partial charge on any atom is -0.481 e. The van der Waals surface area contributed by atoms with Gasteiger partial charge in [0.15, 0.2) is 0 Å². The second-order valence-corrected chi connectivity index (χ2v) is 7.88. The van der Waals surface area contributed by atoms with Crippen molar-refractivity contribution in [3.05, 3.63) is 35.4 Å². The zero-order valence-corrected chi connectivity index (χ0v) is 14.8. The van der Waals surface area contributed by atoms with E-state index in [1.165, 1.54) is 11.1 Å². The molecule has 1 amide bonds. The Morgan fingerprint density at radius 2 is 1.96 bits per heavy atom. The lowest BCUT2D eigenvalue weighted by atomic mass is 9.95. The number of carbonyl (C=O) groups is 2. The number of aryl methyl sites for hydroxylation is 1. The van der Waals surface area contributed by atoms with Crippen LogP contribution in [0.5, 0.6) is 0 Å². The summed E-state index contributed by atoms with van der Waals surface area (Å²) in [5, 5.41) is 8.94. The number of rotatable bonds is 4. The van der Waals surface area contributed by atoms with Gasteiger partial charge in [0.25, 0.3) is 0 Å². The van der Waals surface area contributed by atoms with Crippen molar-refractivity contribution >= 4 is 11.9 Å². The first kappa shape index (κ1) is 16.6. The van der Waals surface area contributed by atoms with Crippen LogP contribution in [0.15, 0.2) is 24.3 Å². The third-order valence-corrected chi connectivity index (χ3v) is 6.49. The van der Waals surface area contributed by atoms with Gasteiger partial charge in [-0.05, 0) is 37.3 Å². The molecule has 1 aromatic rings. The van der Waals surface area contributed by atoms with Gasteiger partial charge in [0, 0.05) is 43.6 Å². The molecule has 0 bridgehead atoms. The third kappa shape index (κ3) is 2.84. The van der Waals surface area contributed by atoms with E-state index in [-0.39, 0.29) is 23.8 Å². The van der Waals surface area contributed by atoms with Gasteiger partial charge in [0.1, 0.15) is 0 Å². The summed E-state index contributed by atoms with van der Waals surface area (Å²) in [7, 11) is 0. The van der Waals surface area contributed by atoms with Gasteiger partial charge in [0.05, 0.1) is 6.42 Å². The fourth-order valence-electron chi connectivity index (χ4n) is 4.90. The largest absolute Gasteiger partial charge is 0.481 e. The standard InChI is InChI=1S/C20H26N2O3/c1-14(12-18(23)24)21-8-10-22(11-9-21)19(25)17-13-20(17)7-6-15-4-2-3-5-16(15)20/h2-5,14,17H,6-13H2,1H3,(H,23,24). The molecule has 1 aromatic carbocycles. The number of fused-ring (bicyclic) bond motifs is 2. The minimum absolute atomic E-state index is 0.0312. The normalized spacial score (nSPS) is 29.5. The zero-order chi connectivity index (χ0) is 17.6. The van der Waals surface area contributed by atoms with Gasteiger partial charge in [-0.25, -0.2) is 0 Å². The number of benzene rings is 1. The lowest BCUT2D eigenvalue weighted by molar-refractivity contribution is -0.140. The van der Waals surface area contributed by atoms with Crippen molar-refractivity contribution in [1.29, 1.82) is 0 Å². The van der Waals surface area contributed by atoms with Crippen LogP contribution in [0.25, 0.3) is 0 Å². The Morgan fingerprint density at radius 3 is 2.68 bits per heavy atom. The first-order valence-electron chi connectivity index (χ1n) is 9.34. The van der Waals surface area contributed by atoms with Crippen LogP contribution in [-0.2, 0) is 21.4 Å². The topological polar surface area (TPSA) is 60.9 Å². The van der Waals surface area contributed by atoms with Gasteiger partial charge in [-0.1, -0.05) is 24.3 Å². The maximum absolute atomic E-state index is 13.0. The van der Waals surface area contributed by atoms with Gasteiger partial charge in [0.2, 0.25) is 5.91 Å². The molecule has 3 unspecified atom stereocenters. The summed E-state index contributed by atoms with van der Waals surface area (Å²) in [5.41, 5.74) is 2.94. The highest BCUT2D eigenvalue weighted by atomic mass is 16.4. The first-order valence-corrected chi connectivity index (χ1v) is 9.34. The van der Waals surface area contributed by atoms with Crippen molar-refractivity contribution in [1.82, 2.24) is 9.80 Å². The summed E-state index contributed by atoms with van der Waals surface area (Å²) in [6.07, 6.45) is 3.37. The van der Waals surface area contributed by atoms with E-state index in [9.17, 15) is 9.59 Å². The van der Waals surface area contributed by atoms with Crippen molar-refractivity contribution in [3.8, 4) is 0 Å². The maximum atomic E-state index is 13.0. The Kier molecular flexibility index (Phi) is 4.07. The maximum Gasteiger partial charge on any atom is 0.304 e. The highest BCUT2D eigenvalue weighted by Crippen LogP contribution is 2.61. The number of carbonyl (C=O) groups excluding carboxylic acids is 1. The van der Waals surface area contributed by atoms with Crippen molar-refractivity contribution in [3.63, 3.8) is 0 Å². The predicted molar refractivity (Wildman–Crippen MR) is 94.4 cm³/mol. The summed E-state index contributed by atoms with van der Waals surface area (Å²) < 4.78 is 0. The summed E-state index contributed by atoms with van der Waals surface area (Å²) >= 11 is 0. The van der Waals surface area contributed by atoms with Crippen molar-refractivity contribution in [2.45, 2.75) is 44.1 Å². The number of amides is 1. The zero-order valence-electron chi connectivity index (χ0n) is 14.8. The van der Waals surface area contributed by atoms with E-state index < -0.39 is 5.97 Å². The second kappa shape index (κ2) is 6.13. The number of carboxylic acid groups (broad SMARTS) is 1. The molecule has 134 valence electrons. The Labute approximate surface area is 148 Å². The lowest BCUT2D eigenvalue weighted by Crippen LogP contribution is -2.52. The Morgan fingerprint density at radius 1 is 1.24 bits per heavy atom. The van der Waals surface area contributed by atoms with Crippen LogP contribution in [0, 0.1) is 5.92 Å². The molecule has 2 fully saturated rings. The molecule has 2 aliphatic carbocycles. The number of aliphatic carboxylic acids is 1. The number of hydrogen-bond donors (Lipinski definition) is 1. The second-order valence-electron chi connectivity index (χ2n) is 7.88. The monoisotopic (exact) mass is 342 g/mol. The van der Waals surface area contributed by atoms with Gasteiger partial charge >= 0.3 is 5.97 Å². The van der Waals surface area contributed by atoms with Crippen LogP contribution in [0.2, 0.25) is 0 Å². The molecular weight excluding hydrogens is 316 g/mol. The van der Waals surface area contributed by atoms with Crippen LogP contribution in [0.3, 0.4) is 0 Å². The highest BCUT2D eigenvalue weighted by Gasteiger charge is 2.62. The molecule has 0 aromatic heterocycles. The van der Waals surface area contributed by atoms with Gasteiger partial charge < -0.3 is 10.0 Å². The molecule has 5 nitrogen and oxygen atoms in total. The average molecular weight is 342 g/mol. The summed E-state index contributed by atoms with van der Waals surface area (Å²) in [6.45, 7) is 4.94. The summed E-state index contributed by atoms with van der Waals surface area (Å²) in [4.78, 5) is 28.1. The Hall–Kier alpha value is -1.88. The molecule has 1 saturated carbocycles. The van der Waals surface area contributed by atoms with E-state index in [0.717, 1.165) is 45.4 Å². The van der Waals surface area contributed by atoms with E-state index in [1.54, 1.807) is 0 Å². The van der Waals surface area contributed by atoms with Crippen LogP contribution >= 0.6 is 0 Å². The van der Waals surface area contributed by atoms with Crippen molar-refractivity contribution in [2.24, 2.45) is 5.92 Å². The summed E-state index contributed by atoms with van der Waals surface area (Å²) in [6, 6.07) is 8.63. The molecule has 1 aliphatic heterocycles. The number of piperazine rings is 1. The predicted octanol–water partition coefficient (Wildman–Crippen LogP) is 1.90. The van der Waals surface area contributed by atoms with Crippen LogP contribution in [0.4, 0.5) is 0 Å². The molecule has 4 rings (SSSR count). The van der Waals surface area contributed by atoms with Crippen LogP contribution in [-0.4, -0.2) is 59.0 Å². The summed E-state index contributed by atoms with van der Waals surface area (Å²) in [5.74, 6) is -0.299. The molecule has 1 heterocycles. The first-order chi connectivity index (χ1) is 12.0. The fourth-order valence-corrected chi connectivity index (χ4v) is 4.90. The average Bonchev–Trinajstić information content (AvgIpc) is 3.23. The molecule has 25 heavy (non-hydrogen) atoms. The smallest absolute Gasteiger partial charge is 0.304 e. The SMILES string of the molecule is CC(CC(=O)O)N1CCN(C(=O)C2CC23CCc2ccccc23)CC1. The number of hydrogen-bond acceptors (Lipinski definition) is 3. The van der Waals surface area contributed by atoms with Crippen molar-refractivity contribution < 1.29 is 14.7 Å². The molecule has 3 aliphatic rings. The minimum atomic E-state index is -0.758. The molecule has 1 saturated heterocycles. The van der Waals surface area contributed by atoms with Gasteiger partial charge in [-0.3, -0.25) is 14.5 Å². The lowest BCUT2D eigenvalue weighted by Gasteiger charge is -2.38. The molecular formula is C20H26N2O3. The van der Waals surface area contributed by atoms with Crippen molar-refractivity contribution in [2.75, 3.05) is 26.2 Å². The molecule has 1 spiro atoms. The van der Waals surface area contributed by atoms with Crippen LogP contribution < -0.4 is 0 Å².